The molecular formula is C110H76N2. The summed E-state index contributed by atoms with van der Waals surface area (Å²) in [5, 5.41) is 7.43. The molecule has 0 saturated heterocycles. The highest BCUT2D eigenvalue weighted by Gasteiger charge is 2.48. The van der Waals surface area contributed by atoms with E-state index in [1.165, 1.54) is 144 Å². The molecule has 21 rings (SSSR count). The third kappa shape index (κ3) is 11.5. The second-order valence-electron chi connectivity index (χ2n) is 29.3. The van der Waals surface area contributed by atoms with Crippen LogP contribution < -0.4 is 9.80 Å². The average molecular weight is 1430 g/mol. The molecule has 0 fully saturated rings. The van der Waals surface area contributed by atoms with Crippen molar-refractivity contribution in [2.24, 2.45) is 0 Å². The van der Waals surface area contributed by atoms with E-state index in [4.69, 9.17) is 0 Å². The van der Waals surface area contributed by atoms with Crippen LogP contribution in [0.5, 0.6) is 0 Å². The summed E-state index contributed by atoms with van der Waals surface area (Å²) < 4.78 is 0. The van der Waals surface area contributed by atoms with Crippen LogP contribution in [-0.4, -0.2) is 0 Å². The van der Waals surface area contributed by atoms with Gasteiger partial charge in [-0.25, -0.2) is 0 Å². The van der Waals surface area contributed by atoms with E-state index >= 15 is 0 Å². The molecule has 0 heterocycles. The Balaban J connectivity index is 0.000000146. The largest absolute Gasteiger partial charge is 0.310 e. The van der Waals surface area contributed by atoms with E-state index in [1.54, 1.807) is 0 Å². The maximum Gasteiger partial charge on any atom is 0.0714 e. The third-order valence-electron chi connectivity index (χ3n) is 23.3. The quantitative estimate of drug-likeness (QED) is 0.107. The first-order valence-electron chi connectivity index (χ1n) is 38.8. The zero-order valence-corrected chi connectivity index (χ0v) is 61.8. The van der Waals surface area contributed by atoms with Crippen molar-refractivity contribution in [2.45, 2.75) is 10.8 Å². The zero-order valence-electron chi connectivity index (χ0n) is 61.8. The van der Waals surface area contributed by atoms with Gasteiger partial charge in [0.15, 0.2) is 0 Å². The summed E-state index contributed by atoms with van der Waals surface area (Å²) in [5.74, 6) is 0. The Morgan fingerprint density at radius 2 is 0.482 bits per heavy atom. The second-order valence-corrected chi connectivity index (χ2v) is 29.3. The van der Waals surface area contributed by atoms with E-state index in [1.807, 2.05) is 0 Å². The van der Waals surface area contributed by atoms with Crippen molar-refractivity contribution in [3.63, 3.8) is 0 Å². The van der Waals surface area contributed by atoms with Gasteiger partial charge < -0.3 is 9.80 Å². The highest BCUT2D eigenvalue weighted by molar-refractivity contribution is 6.07. The molecule has 526 valence electrons. The van der Waals surface area contributed by atoms with Gasteiger partial charge in [0, 0.05) is 33.8 Å². The monoisotopic (exact) mass is 1420 g/mol. The van der Waals surface area contributed by atoms with Gasteiger partial charge in [0.1, 0.15) is 0 Å². The first kappa shape index (κ1) is 67.0. The average Bonchev–Trinajstić information content (AvgIpc) is 1.54. The van der Waals surface area contributed by atoms with Gasteiger partial charge in [-0.3, -0.25) is 0 Å². The number of hydrogen-bond acceptors (Lipinski definition) is 2. The van der Waals surface area contributed by atoms with E-state index in [-0.39, 0.29) is 0 Å². The summed E-state index contributed by atoms with van der Waals surface area (Å²) in [5.41, 5.74) is 30.7. The molecule has 0 aromatic heterocycles. The van der Waals surface area contributed by atoms with Crippen LogP contribution in [0.4, 0.5) is 34.1 Å². The molecule has 2 aliphatic rings. The van der Waals surface area contributed by atoms with Crippen LogP contribution in [0.15, 0.2) is 461 Å². The molecule has 112 heavy (non-hydrogen) atoms. The van der Waals surface area contributed by atoms with Gasteiger partial charge in [-0.1, -0.05) is 388 Å². The van der Waals surface area contributed by atoms with E-state index in [0.717, 1.165) is 34.1 Å². The first-order valence-corrected chi connectivity index (χ1v) is 38.8. The number of hydrogen-bond donors (Lipinski definition) is 0. The van der Waals surface area contributed by atoms with Crippen molar-refractivity contribution in [3.8, 4) is 66.8 Å². The number of anilines is 6. The Labute approximate surface area is 655 Å². The van der Waals surface area contributed by atoms with Crippen molar-refractivity contribution >= 4 is 66.4 Å². The van der Waals surface area contributed by atoms with Crippen LogP contribution in [0.3, 0.4) is 0 Å². The normalized spacial score (nSPS) is 12.6. The van der Waals surface area contributed by atoms with Crippen molar-refractivity contribution in [3.05, 3.63) is 506 Å². The Morgan fingerprint density at radius 1 is 0.152 bits per heavy atom. The molecule has 2 nitrogen and oxygen atoms in total. The van der Waals surface area contributed by atoms with Gasteiger partial charge in [0.25, 0.3) is 0 Å². The SMILES string of the molecule is c1ccc(-c2ccc(N(c3cccc(C4(c5ccccc5)c5ccccc5-c5ccccc54)c3)c3ccc(-c4ccccc4)c4ccccc34)cc2)cc1.c1ccc(C2(c3cccc(N(c4ccc(-c5ccc6ccccc6c5)cc4)c4ccc(-c5cccc6ccccc56)cc4)c3)c3ccccc3-c3ccccc32)cc1. The number of fused-ring (bicyclic) bond motifs is 9. The predicted molar refractivity (Wildman–Crippen MR) is 471 cm³/mol. The Kier molecular flexibility index (Phi) is 17.1. The minimum absolute atomic E-state index is 0.492. The van der Waals surface area contributed by atoms with Gasteiger partial charge in [0.05, 0.1) is 16.5 Å². The fourth-order valence-corrected chi connectivity index (χ4v) is 18.3. The van der Waals surface area contributed by atoms with E-state index in [2.05, 4.69) is 471 Å². The van der Waals surface area contributed by atoms with E-state index < -0.39 is 10.8 Å². The molecule has 0 N–H and O–H groups in total. The molecule has 19 aromatic rings. The van der Waals surface area contributed by atoms with Gasteiger partial charge in [0.2, 0.25) is 0 Å². The van der Waals surface area contributed by atoms with Crippen molar-refractivity contribution in [1.29, 1.82) is 0 Å². The topological polar surface area (TPSA) is 6.48 Å². The van der Waals surface area contributed by atoms with Crippen LogP contribution >= 0.6 is 0 Å². The summed E-state index contributed by atoms with van der Waals surface area (Å²) in [6, 6.07) is 169. The standard InChI is InChI=1S/C57H39N.C53H37N/c1-2-18-46(19-3-1)57(55-26-10-8-23-53(55)54-24-9-11-27-56(54)57)47-20-13-21-50(39-47)58(48-34-30-41(31-35-48)45-29-28-40-14-4-5-16-44(40)38-45)49-36-32-43(33-37-49)52-25-12-17-42-15-6-7-22-51(42)52;1-4-17-38(18-5-1)39-31-33-43(34-32-39)54(52-36-35-45(40-19-6-2-7-20-40)46-25-10-11-28-49(46)52)44-24-16-23-42(37-44)53(41-21-8-3-9-22-41)50-29-14-12-26-47(50)48-27-13-15-30-51(48)53/h1-39H;1-37H. The molecule has 0 spiro atoms. The van der Waals surface area contributed by atoms with E-state index in [9.17, 15) is 0 Å². The molecule has 0 aliphatic heterocycles. The lowest BCUT2D eigenvalue weighted by Gasteiger charge is -2.35. The lowest BCUT2D eigenvalue weighted by atomic mass is 9.67. The van der Waals surface area contributed by atoms with Crippen molar-refractivity contribution in [2.75, 3.05) is 9.80 Å². The highest BCUT2D eigenvalue weighted by Crippen LogP contribution is 2.59. The predicted octanol–water partition coefficient (Wildman–Crippen LogP) is 29.2. The van der Waals surface area contributed by atoms with Crippen LogP contribution in [0.25, 0.3) is 99.1 Å². The first-order chi connectivity index (χ1) is 55.6. The molecule has 2 heteroatoms. The Morgan fingerprint density at radius 3 is 1.01 bits per heavy atom. The molecule has 2 aliphatic carbocycles. The lowest BCUT2D eigenvalue weighted by molar-refractivity contribution is 0.768. The molecule has 0 amide bonds. The Hall–Kier alpha value is -14.4. The molecule has 0 bridgehead atoms. The van der Waals surface area contributed by atoms with Crippen LogP contribution in [0, 0.1) is 0 Å². The maximum absolute atomic E-state index is 2.45. The molecular weight excluding hydrogens is 1350 g/mol. The minimum atomic E-state index is -0.494. The Bertz CT molecular complexity index is 6570. The van der Waals surface area contributed by atoms with E-state index in [0.29, 0.717) is 0 Å². The van der Waals surface area contributed by atoms with Crippen molar-refractivity contribution in [1.82, 2.24) is 0 Å². The summed E-state index contributed by atoms with van der Waals surface area (Å²) in [6.07, 6.45) is 0. The molecule has 0 radical (unpaired) electrons. The zero-order chi connectivity index (χ0) is 74.4. The third-order valence-corrected chi connectivity index (χ3v) is 23.3. The summed E-state index contributed by atoms with van der Waals surface area (Å²) >= 11 is 0. The van der Waals surface area contributed by atoms with Gasteiger partial charge >= 0.3 is 0 Å². The molecule has 0 saturated carbocycles. The fraction of sp³-hybridized carbons (Fsp3) is 0.0182. The minimum Gasteiger partial charge on any atom is -0.310 e. The highest BCUT2D eigenvalue weighted by atomic mass is 15.1. The summed E-state index contributed by atoms with van der Waals surface area (Å²) in [6.45, 7) is 0. The number of nitrogens with zero attached hydrogens (tertiary/aromatic N) is 2. The maximum atomic E-state index is 2.45. The summed E-state index contributed by atoms with van der Waals surface area (Å²) in [4.78, 5) is 4.85. The molecule has 0 unspecified atom stereocenters. The number of benzene rings is 19. The lowest BCUT2D eigenvalue weighted by Crippen LogP contribution is -2.28. The van der Waals surface area contributed by atoms with Crippen molar-refractivity contribution < 1.29 is 0 Å². The smallest absolute Gasteiger partial charge is 0.0714 e. The van der Waals surface area contributed by atoms with Gasteiger partial charge in [-0.15, -0.1) is 0 Å². The van der Waals surface area contributed by atoms with Crippen LogP contribution in [0.1, 0.15) is 44.5 Å². The van der Waals surface area contributed by atoms with Gasteiger partial charge in [-0.2, -0.15) is 0 Å². The van der Waals surface area contributed by atoms with Gasteiger partial charge in [-0.05, 0) is 211 Å². The molecule has 0 atom stereocenters. The fourth-order valence-electron chi connectivity index (χ4n) is 18.3. The van der Waals surface area contributed by atoms with Crippen LogP contribution in [-0.2, 0) is 10.8 Å². The summed E-state index contributed by atoms with van der Waals surface area (Å²) in [7, 11) is 0. The van der Waals surface area contributed by atoms with Crippen LogP contribution in [0.2, 0.25) is 0 Å². The number of rotatable bonds is 14. The molecule has 19 aromatic carbocycles. The second kappa shape index (κ2) is 28.6.